The Balaban J connectivity index is 1.78. The van der Waals surface area contributed by atoms with Gasteiger partial charge in [-0.3, -0.25) is 9.59 Å². The lowest BCUT2D eigenvalue weighted by atomic mass is 9.87. The van der Waals surface area contributed by atoms with Crippen LogP contribution >= 0.6 is 0 Å². The van der Waals surface area contributed by atoms with E-state index in [1.165, 1.54) is 11.1 Å². The molecule has 0 atom stereocenters. The summed E-state index contributed by atoms with van der Waals surface area (Å²) in [7, 11) is 0. The van der Waals surface area contributed by atoms with Gasteiger partial charge in [-0.25, -0.2) is 0 Å². The highest BCUT2D eigenvalue weighted by molar-refractivity contribution is 5.95. The molecule has 0 spiro atoms. The van der Waals surface area contributed by atoms with Crippen LogP contribution in [0.1, 0.15) is 72.4 Å². The number of benzene rings is 2. The van der Waals surface area contributed by atoms with Crippen LogP contribution in [0.5, 0.6) is 0 Å². The predicted octanol–water partition coefficient (Wildman–Crippen LogP) is 4.27. The van der Waals surface area contributed by atoms with Gasteiger partial charge in [0.1, 0.15) is 0 Å². The van der Waals surface area contributed by atoms with E-state index in [-0.39, 0.29) is 17.2 Å². The summed E-state index contributed by atoms with van der Waals surface area (Å²) >= 11 is 0. The Morgan fingerprint density at radius 3 is 1.56 bits per heavy atom. The van der Waals surface area contributed by atoms with E-state index in [1.54, 1.807) is 0 Å². The minimum atomic E-state index is -0.133. The Labute approximate surface area is 162 Å². The summed E-state index contributed by atoms with van der Waals surface area (Å²) in [5, 5.41) is 5.66. The quantitative estimate of drug-likeness (QED) is 0.750. The molecule has 0 aromatic heterocycles. The molecule has 2 amide bonds. The Bertz CT molecular complexity index is 770. The molecule has 0 heterocycles. The van der Waals surface area contributed by atoms with Crippen LogP contribution in [-0.4, -0.2) is 24.9 Å². The minimum Gasteiger partial charge on any atom is -0.350 e. The van der Waals surface area contributed by atoms with Gasteiger partial charge >= 0.3 is 0 Å². The Hall–Kier alpha value is -2.62. The molecule has 4 nitrogen and oxygen atoms in total. The molecule has 4 heteroatoms. The molecule has 27 heavy (non-hydrogen) atoms. The van der Waals surface area contributed by atoms with E-state index in [0.717, 1.165) is 0 Å². The average Bonchev–Trinajstić information content (AvgIpc) is 2.64. The van der Waals surface area contributed by atoms with Gasteiger partial charge in [0.25, 0.3) is 11.8 Å². The lowest BCUT2D eigenvalue weighted by Crippen LogP contribution is -2.34. The number of amides is 2. The van der Waals surface area contributed by atoms with Crippen LogP contribution < -0.4 is 10.6 Å². The summed E-state index contributed by atoms with van der Waals surface area (Å²) in [6, 6.07) is 15.3. The molecule has 0 radical (unpaired) electrons. The zero-order valence-electron chi connectivity index (χ0n) is 16.9. The summed E-state index contributed by atoms with van der Waals surface area (Å²) < 4.78 is 0. The molecule has 0 aliphatic heterocycles. The summed E-state index contributed by atoms with van der Waals surface area (Å²) in [5.41, 5.74) is 3.71. The smallest absolute Gasteiger partial charge is 0.251 e. The Morgan fingerprint density at radius 1 is 0.778 bits per heavy atom. The lowest BCUT2D eigenvalue weighted by Gasteiger charge is -2.19. The molecule has 144 valence electrons. The molecule has 0 aliphatic rings. The SMILES string of the molecule is CC(C)c1ccc(C(=O)NCCNC(=O)c2ccc(C(C)(C)C)cc2)cc1. The number of hydrogen-bond acceptors (Lipinski definition) is 2. The molecule has 0 fully saturated rings. The normalized spacial score (nSPS) is 11.3. The molecule has 2 N–H and O–H groups in total. The molecule has 0 saturated heterocycles. The fourth-order valence-corrected chi connectivity index (χ4v) is 2.70. The van der Waals surface area contributed by atoms with Crippen molar-refractivity contribution in [2.24, 2.45) is 0 Å². The Morgan fingerprint density at radius 2 is 1.19 bits per heavy atom. The highest BCUT2D eigenvalue weighted by Crippen LogP contribution is 2.22. The van der Waals surface area contributed by atoms with Crippen molar-refractivity contribution < 1.29 is 9.59 Å². The third-order valence-electron chi connectivity index (χ3n) is 4.55. The number of carbonyl (C=O) groups is 2. The van der Waals surface area contributed by atoms with Gasteiger partial charge in [-0.05, 0) is 46.7 Å². The standard InChI is InChI=1S/C23H30N2O2/c1-16(2)17-6-8-18(9-7-17)21(26)24-14-15-25-22(27)19-10-12-20(13-11-19)23(3,4)5/h6-13,16H,14-15H2,1-5H3,(H,24,26)(H,25,27). The first kappa shape index (κ1) is 20.7. The summed E-state index contributed by atoms with van der Waals surface area (Å²) in [5.74, 6) is 0.176. The largest absolute Gasteiger partial charge is 0.350 e. The lowest BCUT2D eigenvalue weighted by molar-refractivity contribution is 0.0927. The van der Waals surface area contributed by atoms with Gasteiger partial charge in [0.2, 0.25) is 0 Å². The number of carbonyl (C=O) groups excluding carboxylic acids is 2. The second-order valence-electron chi connectivity index (χ2n) is 8.12. The maximum Gasteiger partial charge on any atom is 0.251 e. The molecule has 0 unspecified atom stereocenters. The summed E-state index contributed by atoms with van der Waals surface area (Å²) in [4.78, 5) is 24.3. The molecule has 0 aliphatic carbocycles. The topological polar surface area (TPSA) is 58.2 Å². The van der Waals surface area contributed by atoms with E-state index in [4.69, 9.17) is 0 Å². The van der Waals surface area contributed by atoms with Gasteiger partial charge in [0, 0.05) is 24.2 Å². The van der Waals surface area contributed by atoms with E-state index in [1.807, 2.05) is 48.5 Å². The number of hydrogen-bond donors (Lipinski definition) is 2. The van der Waals surface area contributed by atoms with Gasteiger partial charge in [-0.2, -0.15) is 0 Å². The van der Waals surface area contributed by atoms with E-state index in [2.05, 4.69) is 45.3 Å². The highest BCUT2D eigenvalue weighted by atomic mass is 16.2. The van der Waals surface area contributed by atoms with Gasteiger partial charge in [-0.1, -0.05) is 58.9 Å². The monoisotopic (exact) mass is 366 g/mol. The Kier molecular flexibility index (Phi) is 6.78. The van der Waals surface area contributed by atoms with E-state index < -0.39 is 0 Å². The van der Waals surface area contributed by atoms with Crippen LogP contribution in [0, 0.1) is 0 Å². The van der Waals surface area contributed by atoms with Crippen molar-refractivity contribution in [3.05, 3.63) is 70.8 Å². The zero-order chi connectivity index (χ0) is 20.0. The van der Waals surface area contributed by atoms with E-state index in [9.17, 15) is 9.59 Å². The first-order valence-corrected chi connectivity index (χ1v) is 9.45. The first-order chi connectivity index (χ1) is 12.7. The first-order valence-electron chi connectivity index (χ1n) is 9.45. The van der Waals surface area contributed by atoms with Gasteiger partial charge < -0.3 is 10.6 Å². The van der Waals surface area contributed by atoms with E-state index >= 15 is 0 Å². The zero-order valence-corrected chi connectivity index (χ0v) is 16.9. The van der Waals surface area contributed by atoms with Crippen LogP contribution in [0.2, 0.25) is 0 Å². The van der Waals surface area contributed by atoms with Crippen LogP contribution in [0.4, 0.5) is 0 Å². The van der Waals surface area contributed by atoms with Crippen molar-refractivity contribution >= 4 is 11.8 Å². The average molecular weight is 367 g/mol. The number of rotatable bonds is 6. The molecular formula is C23H30N2O2. The molecule has 2 rings (SSSR count). The maximum absolute atomic E-state index is 12.2. The fraction of sp³-hybridized carbons (Fsp3) is 0.391. The predicted molar refractivity (Wildman–Crippen MR) is 110 cm³/mol. The molecule has 0 saturated carbocycles. The molecule has 2 aromatic rings. The van der Waals surface area contributed by atoms with Crippen molar-refractivity contribution in [3.8, 4) is 0 Å². The summed E-state index contributed by atoms with van der Waals surface area (Å²) in [6.07, 6.45) is 0. The van der Waals surface area contributed by atoms with Crippen molar-refractivity contribution in [2.75, 3.05) is 13.1 Å². The van der Waals surface area contributed by atoms with Crippen LogP contribution in [0.25, 0.3) is 0 Å². The van der Waals surface area contributed by atoms with Crippen molar-refractivity contribution in [2.45, 2.75) is 46.0 Å². The van der Waals surface area contributed by atoms with Crippen LogP contribution in [0.15, 0.2) is 48.5 Å². The third-order valence-corrected chi connectivity index (χ3v) is 4.55. The van der Waals surface area contributed by atoms with Crippen LogP contribution in [-0.2, 0) is 5.41 Å². The highest BCUT2D eigenvalue weighted by Gasteiger charge is 2.14. The van der Waals surface area contributed by atoms with Gasteiger partial charge in [0.05, 0.1) is 0 Å². The maximum atomic E-state index is 12.2. The molecular weight excluding hydrogens is 336 g/mol. The molecule has 2 aromatic carbocycles. The number of nitrogens with one attached hydrogen (secondary N) is 2. The van der Waals surface area contributed by atoms with Gasteiger partial charge in [0.15, 0.2) is 0 Å². The van der Waals surface area contributed by atoms with Gasteiger partial charge in [-0.15, -0.1) is 0 Å². The third kappa shape index (κ3) is 5.95. The van der Waals surface area contributed by atoms with Crippen LogP contribution in [0.3, 0.4) is 0 Å². The minimum absolute atomic E-state index is 0.0622. The van der Waals surface area contributed by atoms with E-state index in [0.29, 0.717) is 30.1 Å². The van der Waals surface area contributed by atoms with Crippen molar-refractivity contribution in [1.82, 2.24) is 10.6 Å². The second kappa shape index (κ2) is 8.85. The molecule has 0 bridgehead atoms. The second-order valence-corrected chi connectivity index (χ2v) is 8.12. The fourth-order valence-electron chi connectivity index (χ4n) is 2.70. The summed E-state index contributed by atoms with van der Waals surface area (Å²) in [6.45, 7) is 11.4. The van der Waals surface area contributed by atoms with Crippen molar-refractivity contribution in [3.63, 3.8) is 0 Å². The van der Waals surface area contributed by atoms with Crippen molar-refractivity contribution in [1.29, 1.82) is 0 Å².